The van der Waals surface area contributed by atoms with E-state index in [9.17, 15) is 13.6 Å². The first kappa shape index (κ1) is 14.2. The molecule has 0 radical (unpaired) electrons. The smallest absolute Gasteiger partial charge is 0.167 e. The fraction of sp³-hybridized carbons (Fsp3) is 0.188. The highest BCUT2D eigenvalue weighted by molar-refractivity contribution is 5.98. The van der Waals surface area contributed by atoms with Crippen LogP contribution in [0.25, 0.3) is 0 Å². The van der Waals surface area contributed by atoms with Crippen LogP contribution in [0.5, 0.6) is 5.75 Å². The molecule has 0 saturated heterocycles. The van der Waals surface area contributed by atoms with Crippen LogP contribution in [-0.2, 0) is 6.42 Å². The quantitative estimate of drug-likeness (QED) is 0.796. The number of benzene rings is 2. The van der Waals surface area contributed by atoms with E-state index in [1.807, 2.05) is 6.92 Å². The summed E-state index contributed by atoms with van der Waals surface area (Å²) < 4.78 is 31.1. The molecule has 4 heteroatoms. The first-order valence-corrected chi connectivity index (χ1v) is 6.13. The monoisotopic (exact) mass is 276 g/mol. The Kier molecular flexibility index (Phi) is 4.13. The van der Waals surface area contributed by atoms with Crippen molar-refractivity contribution in [2.24, 2.45) is 0 Å². The van der Waals surface area contributed by atoms with E-state index in [1.165, 1.54) is 13.2 Å². The van der Waals surface area contributed by atoms with E-state index >= 15 is 0 Å². The summed E-state index contributed by atoms with van der Waals surface area (Å²) in [5, 5.41) is 0. The second-order valence-electron chi connectivity index (χ2n) is 4.53. The van der Waals surface area contributed by atoms with Crippen molar-refractivity contribution in [2.75, 3.05) is 7.11 Å². The van der Waals surface area contributed by atoms with Crippen molar-refractivity contribution < 1.29 is 18.3 Å². The summed E-state index contributed by atoms with van der Waals surface area (Å²) in [5.41, 5.74) is 1.85. The number of carbonyl (C=O) groups excluding carboxylic acids is 1. The van der Waals surface area contributed by atoms with Crippen LogP contribution in [0.2, 0.25) is 0 Å². The van der Waals surface area contributed by atoms with Gasteiger partial charge in [-0.25, -0.2) is 8.78 Å². The Morgan fingerprint density at radius 1 is 1.10 bits per heavy atom. The lowest BCUT2D eigenvalue weighted by Crippen LogP contribution is -2.05. The summed E-state index contributed by atoms with van der Waals surface area (Å²) in [6.45, 7) is 1.88. The molecule has 0 aliphatic carbocycles. The Morgan fingerprint density at radius 2 is 1.85 bits per heavy atom. The molecule has 2 aromatic carbocycles. The molecule has 2 rings (SSSR count). The van der Waals surface area contributed by atoms with Crippen LogP contribution >= 0.6 is 0 Å². The van der Waals surface area contributed by atoms with Crippen molar-refractivity contribution >= 4 is 5.78 Å². The first-order valence-electron chi connectivity index (χ1n) is 6.13. The minimum atomic E-state index is -0.947. The van der Waals surface area contributed by atoms with Gasteiger partial charge in [-0.2, -0.15) is 0 Å². The molecule has 0 unspecified atom stereocenters. The molecule has 0 aliphatic heterocycles. The minimum Gasteiger partial charge on any atom is -0.496 e. The van der Waals surface area contributed by atoms with Gasteiger partial charge in [-0.05, 0) is 36.2 Å². The zero-order valence-electron chi connectivity index (χ0n) is 11.2. The first-order chi connectivity index (χ1) is 9.51. The molecule has 0 saturated carbocycles. The SMILES string of the molecule is COc1cc(C(=O)Cc2ccc(F)c(F)c2)ccc1C. The minimum absolute atomic E-state index is 0.0173. The maximum absolute atomic E-state index is 13.1. The summed E-state index contributed by atoms with van der Waals surface area (Å²) in [5.74, 6) is -1.41. The average Bonchev–Trinajstić information content (AvgIpc) is 2.43. The second-order valence-corrected chi connectivity index (χ2v) is 4.53. The zero-order chi connectivity index (χ0) is 14.7. The molecule has 20 heavy (non-hydrogen) atoms. The average molecular weight is 276 g/mol. The highest BCUT2D eigenvalue weighted by Gasteiger charge is 2.11. The number of ketones is 1. The molecule has 0 amide bonds. The van der Waals surface area contributed by atoms with Gasteiger partial charge >= 0.3 is 0 Å². The third-order valence-electron chi connectivity index (χ3n) is 3.08. The van der Waals surface area contributed by atoms with E-state index in [1.54, 1.807) is 18.2 Å². The van der Waals surface area contributed by atoms with Crippen LogP contribution in [0.1, 0.15) is 21.5 Å². The molecule has 2 aromatic rings. The molecule has 0 spiro atoms. The third kappa shape index (κ3) is 3.02. The molecule has 0 aliphatic rings. The summed E-state index contributed by atoms with van der Waals surface area (Å²) in [6, 6.07) is 8.60. The van der Waals surface area contributed by atoms with Gasteiger partial charge in [0.05, 0.1) is 7.11 Å². The van der Waals surface area contributed by atoms with Crippen LogP contribution in [0.3, 0.4) is 0 Å². The van der Waals surface area contributed by atoms with Gasteiger partial charge in [-0.1, -0.05) is 18.2 Å². The van der Waals surface area contributed by atoms with Gasteiger partial charge in [0.1, 0.15) is 5.75 Å². The molecule has 0 atom stereocenters. The van der Waals surface area contributed by atoms with E-state index in [0.29, 0.717) is 16.9 Å². The Balaban J connectivity index is 2.21. The lowest BCUT2D eigenvalue weighted by atomic mass is 10.0. The summed E-state index contributed by atoms with van der Waals surface area (Å²) in [6.07, 6.45) is 0.0173. The lowest BCUT2D eigenvalue weighted by Gasteiger charge is -2.07. The van der Waals surface area contributed by atoms with Gasteiger partial charge < -0.3 is 4.74 Å². The number of carbonyl (C=O) groups is 1. The number of rotatable bonds is 4. The van der Waals surface area contributed by atoms with E-state index < -0.39 is 11.6 Å². The topological polar surface area (TPSA) is 26.3 Å². The number of methoxy groups -OCH3 is 1. The molecule has 0 bridgehead atoms. The predicted molar refractivity (Wildman–Crippen MR) is 72.1 cm³/mol. The normalized spacial score (nSPS) is 10.4. The van der Waals surface area contributed by atoms with Gasteiger partial charge in [0.15, 0.2) is 17.4 Å². The van der Waals surface area contributed by atoms with Crippen molar-refractivity contribution in [3.63, 3.8) is 0 Å². The molecule has 0 fully saturated rings. The van der Waals surface area contributed by atoms with Crippen molar-refractivity contribution in [3.05, 3.63) is 64.7 Å². The molecular formula is C16H14F2O2. The Labute approximate surface area is 116 Å². The molecule has 0 aromatic heterocycles. The molecular weight excluding hydrogens is 262 g/mol. The van der Waals surface area contributed by atoms with Gasteiger partial charge in [0, 0.05) is 12.0 Å². The number of ether oxygens (including phenoxy) is 1. The maximum Gasteiger partial charge on any atom is 0.167 e. The Bertz CT molecular complexity index is 651. The lowest BCUT2D eigenvalue weighted by molar-refractivity contribution is 0.0992. The van der Waals surface area contributed by atoms with E-state index in [2.05, 4.69) is 0 Å². The van der Waals surface area contributed by atoms with Crippen LogP contribution in [-0.4, -0.2) is 12.9 Å². The summed E-state index contributed by atoms with van der Waals surface area (Å²) in [7, 11) is 1.53. The zero-order valence-corrected chi connectivity index (χ0v) is 11.2. The molecule has 0 N–H and O–H groups in total. The highest BCUT2D eigenvalue weighted by Crippen LogP contribution is 2.20. The van der Waals surface area contributed by atoms with E-state index in [4.69, 9.17) is 4.74 Å². The predicted octanol–water partition coefficient (Wildman–Crippen LogP) is 3.71. The number of hydrogen-bond donors (Lipinski definition) is 0. The van der Waals surface area contributed by atoms with Gasteiger partial charge in [-0.3, -0.25) is 4.79 Å². The fourth-order valence-corrected chi connectivity index (χ4v) is 1.93. The largest absolute Gasteiger partial charge is 0.496 e. The van der Waals surface area contributed by atoms with Crippen LogP contribution in [0.15, 0.2) is 36.4 Å². The number of halogens is 2. The highest BCUT2D eigenvalue weighted by atomic mass is 19.2. The van der Waals surface area contributed by atoms with Crippen LogP contribution < -0.4 is 4.74 Å². The van der Waals surface area contributed by atoms with Crippen molar-refractivity contribution in [3.8, 4) is 5.75 Å². The molecule has 104 valence electrons. The Hall–Kier alpha value is -2.23. The van der Waals surface area contributed by atoms with E-state index in [-0.39, 0.29) is 12.2 Å². The number of hydrogen-bond acceptors (Lipinski definition) is 2. The summed E-state index contributed by atoms with van der Waals surface area (Å²) >= 11 is 0. The Morgan fingerprint density at radius 3 is 2.50 bits per heavy atom. The maximum atomic E-state index is 13.1. The van der Waals surface area contributed by atoms with Gasteiger partial charge in [0.2, 0.25) is 0 Å². The van der Waals surface area contributed by atoms with E-state index in [0.717, 1.165) is 17.7 Å². The molecule has 0 heterocycles. The van der Waals surface area contributed by atoms with Crippen molar-refractivity contribution in [1.29, 1.82) is 0 Å². The van der Waals surface area contributed by atoms with Crippen LogP contribution in [0.4, 0.5) is 8.78 Å². The second kappa shape index (κ2) is 5.82. The van der Waals surface area contributed by atoms with Crippen molar-refractivity contribution in [1.82, 2.24) is 0 Å². The standard InChI is InChI=1S/C16H14F2O2/c1-10-3-5-12(9-16(10)20-2)15(19)8-11-4-6-13(17)14(18)7-11/h3-7,9H,8H2,1-2H3. The van der Waals surface area contributed by atoms with Gasteiger partial charge in [-0.15, -0.1) is 0 Å². The van der Waals surface area contributed by atoms with Crippen LogP contribution in [0, 0.1) is 18.6 Å². The fourth-order valence-electron chi connectivity index (χ4n) is 1.93. The third-order valence-corrected chi connectivity index (χ3v) is 3.08. The summed E-state index contributed by atoms with van der Waals surface area (Å²) in [4.78, 5) is 12.1. The van der Waals surface area contributed by atoms with Crippen molar-refractivity contribution in [2.45, 2.75) is 13.3 Å². The number of Topliss-reactive ketones (excluding diaryl/α,β-unsaturated/α-hetero) is 1. The number of aryl methyl sites for hydroxylation is 1. The molecule has 2 nitrogen and oxygen atoms in total. The van der Waals surface area contributed by atoms with Gasteiger partial charge in [0.25, 0.3) is 0 Å².